The second-order valence-electron chi connectivity index (χ2n) is 5.57. The van der Waals surface area contributed by atoms with Crippen LogP contribution in [0.5, 0.6) is 0 Å². The van der Waals surface area contributed by atoms with Crippen molar-refractivity contribution in [3.05, 3.63) is 60.2 Å². The number of hydrogen-bond acceptors (Lipinski definition) is 4. The number of nitrogens with one attached hydrogen (secondary N) is 2. The van der Waals surface area contributed by atoms with Crippen molar-refractivity contribution < 1.29 is 14.3 Å². The predicted octanol–water partition coefficient (Wildman–Crippen LogP) is 3.50. The fraction of sp³-hybridized carbons (Fsp3) is 0.263. The molecule has 0 heterocycles. The normalized spacial score (nSPS) is 11.7. The number of amides is 2. The van der Waals surface area contributed by atoms with E-state index in [-0.39, 0.29) is 5.91 Å². The summed E-state index contributed by atoms with van der Waals surface area (Å²) >= 11 is 0. The predicted molar refractivity (Wildman–Crippen MR) is 98.6 cm³/mol. The van der Waals surface area contributed by atoms with E-state index >= 15 is 0 Å². The van der Waals surface area contributed by atoms with Gasteiger partial charge in [-0.1, -0.05) is 43.3 Å². The largest absolute Gasteiger partial charge is 0.453 e. The summed E-state index contributed by atoms with van der Waals surface area (Å²) < 4.78 is 4.57. The molecular formula is C19H23N3O3. The quantitative estimate of drug-likeness (QED) is 0.844. The zero-order valence-electron chi connectivity index (χ0n) is 14.7. The lowest BCUT2D eigenvalue weighted by molar-refractivity contribution is -0.121. The lowest BCUT2D eigenvalue weighted by atomic mass is 10.0. The molecule has 2 N–H and O–H groups in total. The SMILES string of the molecule is CCN(C)[C@H](C(=O)Nc1cccc(NC(=O)OC)c1)c1ccccc1. The highest BCUT2D eigenvalue weighted by molar-refractivity contribution is 5.96. The van der Waals surface area contributed by atoms with Crippen molar-refractivity contribution in [3.63, 3.8) is 0 Å². The van der Waals surface area contributed by atoms with Gasteiger partial charge in [-0.15, -0.1) is 0 Å². The van der Waals surface area contributed by atoms with Gasteiger partial charge in [0.1, 0.15) is 6.04 Å². The second kappa shape index (κ2) is 8.84. The number of rotatable bonds is 6. The summed E-state index contributed by atoms with van der Waals surface area (Å²) in [7, 11) is 3.21. The first kappa shape index (κ1) is 18.5. The molecule has 0 fully saturated rings. The van der Waals surface area contributed by atoms with Crippen molar-refractivity contribution in [1.82, 2.24) is 4.90 Å². The van der Waals surface area contributed by atoms with Crippen LogP contribution in [0.2, 0.25) is 0 Å². The van der Waals surface area contributed by atoms with Crippen molar-refractivity contribution in [1.29, 1.82) is 0 Å². The highest BCUT2D eigenvalue weighted by atomic mass is 16.5. The maximum Gasteiger partial charge on any atom is 0.411 e. The van der Waals surface area contributed by atoms with E-state index in [4.69, 9.17) is 0 Å². The summed E-state index contributed by atoms with van der Waals surface area (Å²) in [5.74, 6) is -0.134. The molecule has 0 aromatic heterocycles. The van der Waals surface area contributed by atoms with Crippen LogP contribution in [-0.2, 0) is 9.53 Å². The Bertz CT molecular complexity index is 719. The van der Waals surface area contributed by atoms with Gasteiger partial charge < -0.3 is 10.1 Å². The molecule has 2 aromatic carbocycles. The van der Waals surface area contributed by atoms with Gasteiger partial charge in [-0.25, -0.2) is 4.79 Å². The molecule has 0 radical (unpaired) electrons. The van der Waals surface area contributed by atoms with Gasteiger partial charge in [0.15, 0.2) is 0 Å². The van der Waals surface area contributed by atoms with Gasteiger partial charge in [0, 0.05) is 11.4 Å². The number of likely N-dealkylation sites (N-methyl/N-ethyl adjacent to an activating group) is 1. The van der Waals surface area contributed by atoms with E-state index in [2.05, 4.69) is 15.4 Å². The molecule has 0 aliphatic rings. The fourth-order valence-electron chi connectivity index (χ4n) is 2.48. The zero-order valence-corrected chi connectivity index (χ0v) is 14.7. The molecule has 132 valence electrons. The zero-order chi connectivity index (χ0) is 18.2. The van der Waals surface area contributed by atoms with Gasteiger partial charge in [0.2, 0.25) is 5.91 Å². The Hall–Kier alpha value is -2.86. The van der Waals surface area contributed by atoms with Gasteiger partial charge in [0.05, 0.1) is 7.11 Å². The monoisotopic (exact) mass is 341 g/mol. The highest BCUT2D eigenvalue weighted by Gasteiger charge is 2.24. The van der Waals surface area contributed by atoms with Crippen molar-refractivity contribution in [2.24, 2.45) is 0 Å². The molecule has 0 aliphatic heterocycles. The number of nitrogens with zero attached hydrogens (tertiary/aromatic N) is 1. The molecule has 2 aromatic rings. The molecule has 1 atom stereocenters. The summed E-state index contributed by atoms with van der Waals surface area (Å²) in [4.78, 5) is 26.1. The molecule has 0 aliphatic carbocycles. The van der Waals surface area contributed by atoms with Crippen LogP contribution < -0.4 is 10.6 Å². The fourth-order valence-corrected chi connectivity index (χ4v) is 2.48. The summed E-state index contributed by atoms with van der Waals surface area (Å²) in [6, 6.07) is 16.2. The molecule has 6 heteroatoms. The lowest BCUT2D eigenvalue weighted by Crippen LogP contribution is -2.34. The first-order valence-corrected chi connectivity index (χ1v) is 8.06. The molecule has 2 amide bonds. The Morgan fingerprint density at radius 2 is 1.68 bits per heavy atom. The van der Waals surface area contributed by atoms with E-state index in [1.165, 1.54) is 7.11 Å². The minimum Gasteiger partial charge on any atom is -0.453 e. The maximum absolute atomic E-state index is 12.8. The molecule has 25 heavy (non-hydrogen) atoms. The van der Waals surface area contributed by atoms with Crippen LogP contribution in [0.4, 0.5) is 16.2 Å². The van der Waals surface area contributed by atoms with Crippen LogP contribution in [-0.4, -0.2) is 37.6 Å². The summed E-state index contributed by atoms with van der Waals surface area (Å²) in [5, 5.41) is 5.49. The first-order chi connectivity index (χ1) is 12.0. The average molecular weight is 341 g/mol. The summed E-state index contributed by atoms with van der Waals surface area (Å²) in [6.45, 7) is 2.74. The molecule has 0 saturated carbocycles. The second-order valence-corrected chi connectivity index (χ2v) is 5.57. The van der Waals surface area contributed by atoms with Crippen LogP contribution in [0.15, 0.2) is 54.6 Å². The Labute approximate surface area is 147 Å². The number of benzene rings is 2. The van der Waals surface area contributed by atoms with E-state index < -0.39 is 12.1 Å². The minimum absolute atomic E-state index is 0.134. The molecular weight excluding hydrogens is 318 g/mol. The van der Waals surface area contributed by atoms with E-state index in [0.29, 0.717) is 11.4 Å². The highest BCUT2D eigenvalue weighted by Crippen LogP contribution is 2.22. The van der Waals surface area contributed by atoms with Gasteiger partial charge in [-0.2, -0.15) is 0 Å². The smallest absolute Gasteiger partial charge is 0.411 e. The van der Waals surface area contributed by atoms with Crippen LogP contribution >= 0.6 is 0 Å². The first-order valence-electron chi connectivity index (χ1n) is 8.06. The van der Waals surface area contributed by atoms with Crippen LogP contribution in [0, 0.1) is 0 Å². The number of methoxy groups -OCH3 is 1. The number of anilines is 2. The van der Waals surface area contributed by atoms with Crippen molar-refractivity contribution in [2.45, 2.75) is 13.0 Å². The average Bonchev–Trinajstić information content (AvgIpc) is 2.62. The van der Waals surface area contributed by atoms with Gasteiger partial charge >= 0.3 is 6.09 Å². The van der Waals surface area contributed by atoms with Crippen molar-refractivity contribution >= 4 is 23.4 Å². The van der Waals surface area contributed by atoms with Crippen molar-refractivity contribution in [3.8, 4) is 0 Å². The topological polar surface area (TPSA) is 70.7 Å². The molecule has 6 nitrogen and oxygen atoms in total. The third-order valence-electron chi connectivity index (χ3n) is 3.87. The number of carbonyl (C=O) groups excluding carboxylic acids is 2. The van der Waals surface area contributed by atoms with Gasteiger partial charge in [-0.3, -0.25) is 15.0 Å². The molecule has 0 unspecified atom stereocenters. The van der Waals surface area contributed by atoms with Gasteiger partial charge in [-0.05, 0) is 37.4 Å². The minimum atomic E-state index is -0.559. The number of carbonyl (C=O) groups is 2. The standard InChI is InChI=1S/C19H23N3O3/c1-4-22(2)17(14-9-6-5-7-10-14)18(23)20-15-11-8-12-16(13-15)21-19(24)25-3/h5-13,17H,4H2,1-3H3,(H,20,23)(H,21,24)/t17-/m0/s1. The van der Waals surface area contributed by atoms with Crippen molar-refractivity contribution in [2.75, 3.05) is 31.3 Å². The van der Waals surface area contributed by atoms with Crippen LogP contribution in [0.3, 0.4) is 0 Å². The molecule has 0 saturated heterocycles. The van der Waals surface area contributed by atoms with Crippen LogP contribution in [0.25, 0.3) is 0 Å². The molecule has 0 spiro atoms. The lowest BCUT2D eigenvalue weighted by Gasteiger charge is -2.26. The number of hydrogen-bond donors (Lipinski definition) is 2. The number of ether oxygens (including phenoxy) is 1. The molecule has 0 bridgehead atoms. The molecule has 2 rings (SSSR count). The van der Waals surface area contributed by atoms with Crippen LogP contribution in [0.1, 0.15) is 18.5 Å². The van der Waals surface area contributed by atoms with E-state index in [9.17, 15) is 9.59 Å². The Kier molecular flexibility index (Phi) is 6.54. The van der Waals surface area contributed by atoms with E-state index in [0.717, 1.165) is 12.1 Å². The summed E-state index contributed by atoms with van der Waals surface area (Å²) in [6.07, 6.45) is -0.559. The third kappa shape index (κ3) is 5.06. The van der Waals surface area contributed by atoms with Gasteiger partial charge in [0.25, 0.3) is 0 Å². The van der Waals surface area contributed by atoms with E-state index in [1.54, 1.807) is 24.3 Å². The Balaban J connectivity index is 2.18. The van der Waals surface area contributed by atoms with E-state index in [1.807, 2.05) is 49.2 Å². The maximum atomic E-state index is 12.8. The summed E-state index contributed by atoms with van der Waals surface area (Å²) in [5.41, 5.74) is 2.07. The third-order valence-corrected chi connectivity index (χ3v) is 3.87. The Morgan fingerprint density at radius 3 is 2.28 bits per heavy atom. The Morgan fingerprint density at radius 1 is 1.04 bits per heavy atom.